The number of nitro benzene ring substituents is 1. The minimum Gasteiger partial charge on any atom is -0.367 e. The molecule has 4 aromatic heterocycles. The molecule has 39 heavy (non-hydrogen) atoms. The van der Waals surface area contributed by atoms with Gasteiger partial charge in [0, 0.05) is 54.4 Å². The van der Waals surface area contributed by atoms with E-state index in [4.69, 9.17) is 16.1 Å². The first kappa shape index (κ1) is 25.1. The highest BCUT2D eigenvalue weighted by Crippen LogP contribution is 2.32. The summed E-state index contributed by atoms with van der Waals surface area (Å²) in [5.74, 6) is 1.28. The number of amides is 1. The summed E-state index contributed by atoms with van der Waals surface area (Å²) in [6.07, 6.45) is 3.31. The number of nitrogens with one attached hydrogen (secondary N) is 1. The van der Waals surface area contributed by atoms with E-state index in [0.29, 0.717) is 45.5 Å². The molecule has 1 aromatic carbocycles. The summed E-state index contributed by atoms with van der Waals surface area (Å²) in [6.45, 7) is 1.43. The Hall–Kier alpha value is -4.22. The van der Waals surface area contributed by atoms with Gasteiger partial charge in [0.2, 0.25) is 0 Å². The topological polar surface area (TPSA) is 119 Å². The van der Waals surface area contributed by atoms with Gasteiger partial charge < -0.3 is 19.3 Å². The van der Waals surface area contributed by atoms with Crippen LogP contribution in [0, 0.1) is 10.1 Å². The van der Waals surface area contributed by atoms with Gasteiger partial charge >= 0.3 is 0 Å². The molecule has 0 spiro atoms. The van der Waals surface area contributed by atoms with Crippen molar-refractivity contribution < 1.29 is 14.2 Å². The van der Waals surface area contributed by atoms with Crippen LogP contribution in [0.5, 0.6) is 0 Å². The zero-order valence-electron chi connectivity index (χ0n) is 20.6. The molecule has 12 heteroatoms. The standard InChI is InChI=1S/C27H23ClN6O4S/c28-25-7-6-24(39-25)23-15-19(31-38-23)16-33-21-5-4-20(34(36)37)13-17(21)14-22(33)27(35)32-11-8-18(9-12-32)30-26-3-1-2-10-29-26/h1-7,10,13-15,18H,8-9,11-12,16H2,(H,29,30). The van der Waals surface area contributed by atoms with E-state index in [0.717, 1.165) is 23.5 Å². The van der Waals surface area contributed by atoms with Crippen LogP contribution in [0.25, 0.3) is 21.5 Å². The van der Waals surface area contributed by atoms with Crippen LogP contribution in [0.1, 0.15) is 29.0 Å². The molecule has 1 amide bonds. The molecular formula is C27H23ClN6O4S. The molecule has 0 unspecified atom stereocenters. The van der Waals surface area contributed by atoms with Crippen LogP contribution >= 0.6 is 22.9 Å². The Morgan fingerprint density at radius 1 is 1.15 bits per heavy atom. The van der Waals surface area contributed by atoms with E-state index in [-0.39, 0.29) is 24.2 Å². The molecule has 1 N–H and O–H groups in total. The summed E-state index contributed by atoms with van der Waals surface area (Å²) in [4.78, 5) is 31.7. The maximum absolute atomic E-state index is 13.8. The highest BCUT2D eigenvalue weighted by molar-refractivity contribution is 7.19. The van der Waals surface area contributed by atoms with Crippen LogP contribution in [0.2, 0.25) is 4.34 Å². The number of carbonyl (C=O) groups excluding carboxylic acids is 1. The van der Waals surface area contributed by atoms with Gasteiger partial charge in [-0.3, -0.25) is 14.9 Å². The number of hydrogen-bond donors (Lipinski definition) is 1. The quantitative estimate of drug-likeness (QED) is 0.188. The summed E-state index contributed by atoms with van der Waals surface area (Å²) in [7, 11) is 0. The zero-order chi connectivity index (χ0) is 26.9. The number of halogens is 1. The van der Waals surface area contributed by atoms with Gasteiger partial charge in [0.1, 0.15) is 17.2 Å². The van der Waals surface area contributed by atoms with Crippen molar-refractivity contribution in [1.82, 2.24) is 19.6 Å². The Morgan fingerprint density at radius 2 is 2.00 bits per heavy atom. The Morgan fingerprint density at radius 3 is 2.72 bits per heavy atom. The molecule has 5 heterocycles. The van der Waals surface area contributed by atoms with Crippen LogP contribution in [0.4, 0.5) is 11.5 Å². The van der Waals surface area contributed by atoms with E-state index in [2.05, 4.69) is 15.5 Å². The first-order valence-electron chi connectivity index (χ1n) is 12.4. The maximum atomic E-state index is 13.8. The minimum absolute atomic E-state index is 0.0293. The fourth-order valence-corrected chi connectivity index (χ4v) is 5.87. The Labute approximate surface area is 232 Å². The minimum atomic E-state index is -0.437. The van der Waals surface area contributed by atoms with Crippen molar-refractivity contribution in [2.45, 2.75) is 25.4 Å². The number of likely N-dealkylation sites (tertiary alicyclic amines) is 1. The van der Waals surface area contributed by atoms with Crippen molar-refractivity contribution in [2.75, 3.05) is 18.4 Å². The average Bonchev–Trinajstić information content (AvgIpc) is 3.68. The summed E-state index contributed by atoms with van der Waals surface area (Å²) < 4.78 is 8.04. The molecule has 0 atom stereocenters. The number of thiophene rings is 1. The average molecular weight is 563 g/mol. The van der Waals surface area contributed by atoms with Gasteiger partial charge in [-0.1, -0.05) is 22.8 Å². The van der Waals surface area contributed by atoms with Crippen molar-refractivity contribution in [1.29, 1.82) is 0 Å². The lowest BCUT2D eigenvalue weighted by Gasteiger charge is -2.32. The lowest BCUT2D eigenvalue weighted by molar-refractivity contribution is -0.384. The number of non-ortho nitro benzene ring substituents is 1. The molecule has 10 nitrogen and oxygen atoms in total. The molecule has 6 rings (SSSR count). The summed E-state index contributed by atoms with van der Waals surface area (Å²) >= 11 is 7.45. The number of carbonyl (C=O) groups is 1. The smallest absolute Gasteiger partial charge is 0.270 e. The van der Waals surface area contributed by atoms with E-state index in [1.807, 2.05) is 39.8 Å². The number of fused-ring (bicyclic) bond motifs is 1. The summed E-state index contributed by atoms with van der Waals surface area (Å²) in [5.41, 5.74) is 1.75. The molecular weight excluding hydrogens is 540 g/mol. The third kappa shape index (κ3) is 5.23. The van der Waals surface area contributed by atoms with Gasteiger partial charge in [0.15, 0.2) is 5.76 Å². The number of anilines is 1. The van der Waals surface area contributed by atoms with E-state index < -0.39 is 4.92 Å². The molecule has 1 saturated heterocycles. The lowest BCUT2D eigenvalue weighted by Crippen LogP contribution is -2.43. The molecule has 1 fully saturated rings. The number of hydrogen-bond acceptors (Lipinski definition) is 8. The van der Waals surface area contributed by atoms with E-state index in [1.54, 1.807) is 24.4 Å². The van der Waals surface area contributed by atoms with Crippen molar-refractivity contribution >= 4 is 51.3 Å². The summed E-state index contributed by atoms with van der Waals surface area (Å²) in [5, 5.41) is 19.7. The van der Waals surface area contributed by atoms with Crippen molar-refractivity contribution in [3.8, 4) is 10.6 Å². The number of pyridine rings is 1. The monoisotopic (exact) mass is 562 g/mol. The number of benzene rings is 1. The van der Waals surface area contributed by atoms with Crippen LogP contribution in [0.3, 0.4) is 0 Å². The van der Waals surface area contributed by atoms with Gasteiger partial charge in [-0.2, -0.15) is 0 Å². The predicted molar refractivity (Wildman–Crippen MR) is 149 cm³/mol. The van der Waals surface area contributed by atoms with Crippen LogP contribution in [-0.2, 0) is 6.54 Å². The fourth-order valence-electron chi connectivity index (χ4n) is 4.88. The molecule has 0 radical (unpaired) electrons. The van der Waals surface area contributed by atoms with E-state index >= 15 is 0 Å². The number of nitrogens with zero attached hydrogens (tertiary/aromatic N) is 5. The van der Waals surface area contributed by atoms with E-state index in [1.165, 1.54) is 23.5 Å². The third-order valence-electron chi connectivity index (χ3n) is 6.81. The maximum Gasteiger partial charge on any atom is 0.270 e. The second-order valence-electron chi connectivity index (χ2n) is 9.33. The largest absolute Gasteiger partial charge is 0.367 e. The molecule has 1 aliphatic heterocycles. The second kappa shape index (κ2) is 10.5. The lowest BCUT2D eigenvalue weighted by atomic mass is 10.0. The Bertz CT molecular complexity index is 1660. The van der Waals surface area contributed by atoms with Gasteiger partial charge in [-0.05, 0) is 49.2 Å². The van der Waals surface area contributed by atoms with E-state index in [9.17, 15) is 14.9 Å². The number of rotatable bonds is 7. The molecule has 5 aromatic rings. The molecule has 1 aliphatic rings. The van der Waals surface area contributed by atoms with Crippen molar-refractivity contribution in [2.24, 2.45) is 0 Å². The molecule has 0 aliphatic carbocycles. The van der Waals surface area contributed by atoms with Gasteiger partial charge in [-0.15, -0.1) is 11.3 Å². The predicted octanol–water partition coefficient (Wildman–Crippen LogP) is 6.08. The van der Waals surface area contributed by atoms with Crippen LogP contribution in [0.15, 0.2) is 71.4 Å². The highest BCUT2D eigenvalue weighted by atomic mass is 35.5. The molecule has 0 saturated carbocycles. The zero-order valence-corrected chi connectivity index (χ0v) is 22.2. The highest BCUT2D eigenvalue weighted by Gasteiger charge is 2.27. The van der Waals surface area contributed by atoms with Gasteiger partial charge in [0.25, 0.3) is 11.6 Å². The molecule has 198 valence electrons. The van der Waals surface area contributed by atoms with Gasteiger partial charge in [0.05, 0.1) is 20.7 Å². The first-order chi connectivity index (χ1) is 18.9. The third-order valence-corrected chi connectivity index (χ3v) is 8.05. The Balaban J connectivity index is 1.26. The SMILES string of the molecule is O=C(c1cc2cc([N+](=O)[O-])ccc2n1Cc1cc(-c2ccc(Cl)s2)on1)N1CCC(Nc2ccccn2)CC1. The summed E-state index contributed by atoms with van der Waals surface area (Å²) in [6, 6.07) is 17.8. The molecule has 0 bridgehead atoms. The first-order valence-corrected chi connectivity index (χ1v) is 13.6. The van der Waals surface area contributed by atoms with Crippen molar-refractivity contribution in [3.63, 3.8) is 0 Å². The Kier molecular flexibility index (Phi) is 6.76. The second-order valence-corrected chi connectivity index (χ2v) is 11.0. The normalized spacial score (nSPS) is 14.1. The van der Waals surface area contributed by atoms with Crippen molar-refractivity contribution in [3.05, 3.63) is 92.7 Å². The van der Waals surface area contributed by atoms with Crippen LogP contribution < -0.4 is 5.32 Å². The number of nitro groups is 1. The number of piperidine rings is 1. The van der Waals surface area contributed by atoms with Crippen LogP contribution in [-0.4, -0.2) is 49.6 Å². The number of aromatic nitrogens is 3. The van der Waals surface area contributed by atoms with Gasteiger partial charge in [-0.25, -0.2) is 4.98 Å². The fraction of sp³-hybridized carbons (Fsp3) is 0.222.